The summed E-state index contributed by atoms with van der Waals surface area (Å²) in [5, 5.41) is 4.02. The number of benzene rings is 2. The van der Waals surface area contributed by atoms with Crippen molar-refractivity contribution < 1.29 is 4.79 Å². The fourth-order valence-corrected chi connectivity index (χ4v) is 3.74. The predicted octanol–water partition coefficient (Wildman–Crippen LogP) is 5.81. The van der Waals surface area contributed by atoms with Crippen molar-refractivity contribution in [3.05, 3.63) is 64.1 Å². The number of amides is 1. The summed E-state index contributed by atoms with van der Waals surface area (Å²) in [7, 11) is 0. The van der Waals surface area contributed by atoms with Crippen molar-refractivity contribution in [1.29, 1.82) is 0 Å². The first kappa shape index (κ1) is 17.2. The van der Waals surface area contributed by atoms with Gasteiger partial charge in [0.1, 0.15) is 0 Å². The van der Waals surface area contributed by atoms with E-state index in [0.717, 1.165) is 10.6 Å². The number of nitrogens with one attached hydrogen (secondary N) is 1. The van der Waals surface area contributed by atoms with Crippen LogP contribution in [0.2, 0.25) is 10.0 Å². The highest BCUT2D eigenvalue weighted by atomic mass is 35.5. The molecular formula is C17H17Cl2NOS. The van der Waals surface area contributed by atoms with E-state index in [1.807, 2.05) is 50.2 Å². The summed E-state index contributed by atoms with van der Waals surface area (Å²) in [6.45, 7) is 3.93. The third kappa shape index (κ3) is 4.42. The summed E-state index contributed by atoms with van der Waals surface area (Å²) in [5.74, 6) is -0.0722. The van der Waals surface area contributed by atoms with Crippen molar-refractivity contribution in [3.63, 3.8) is 0 Å². The molecule has 2 rings (SSSR count). The van der Waals surface area contributed by atoms with E-state index in [1.54, 1.807) is 23.9 Å². The molecule has 22 heavy (non-hydrogen) atoms. The predicted molar refractivity (Wildman–Crippen MR) is 97.0 cm³/mol. The highest BCUT2D eigenvalue weighted by molar-refractivity contribution is 8.00. The van der Waals surface area contributed by atoms with Gasteiger partial charge in [-0.05, 0) is 37.6 Å². The van der Waals surface area contributed by atoms with Crippen LogP contribution in [0.15, 0.2) is 48.5 Å². The molecule has 5 heteroatoms. The van der Waals surface area contributed by atoms with Crippen LogP contribution in [0.1, 0.15) is 24.7 Å². The Bertz CT molecular complexity index is 663. The second-order valence-corrected chi connectivity index (χ2v) is 7.41. The van der Waals surface area contributed by atoms with Crippen molar-refractivity contribution >= 4 is 46.6 Å². The maximum atomic E-state index is 12.3. The highest BCUT2D eigenvalue weighted by Crippen LogP contribution is 2.36. The molecule has 1 amide bonds. The van der Waals surface area contributed by atoms with E-state index in [2.05, 4.69) is 5.32 Å². The smallest absolute Gasteiger partial charge is 0.237 e. The van der Waals surface area contributed by atoms with Crippen LogP contribution in [-0.4, -0.2) is 11.2 Å². The molecule has 0 radical (unpaired) electrons. The molecule has 0 saturated heterocycles. The van der Waals surface area contributed by atoms with Crippen molar-refractivity contribution in [1.82, 2.24) is 0 Å². The van der Waals surface area contributed by atoms with Crippen molar-refractivity contribution in [2.75, 3.05) is 5.32 Å². The van der Waals surface area contributed by atoms with E-state index in [9.17, 15) is 4.79 Å². The first-order chi connectivity index (χ1) is 10.5. The number of rotatable bonds is 5. The first-order valence-electron chi connectivity index (χ1n) is 6.94. The van der Waals surface area contributed by atoms with Crippen molar-refractivity contribution in [3.8, 4) is 0 Å². The van der Waals surface area contributed by atoms with Crippen LogP contribution in [0.4, 0.5) is 5.69 Å². The van der Waals surface area contributed by atoms with Gasteiger partial charge in [-0.1, -0.05) is 53.5 Å². The van der Waals surface area contributed by atoms with Crippen LogP contribution in [0.25, 0.3) is 0 Å². The minimum absolute atomic E-state index is 0.0722. The van der Waals surface area contributed by atoms with E-state index in [0.29, 0.717) is 10.7 Å². The van der Waals surface area contributed by atoms with Crippen LogP contribution in [0, 0.1) is 0 Å². The minimum atomic E-state index is -0.220. The highest BCUT2D eigenvalue weighted by Gasteiger charge is 2.19. The lowest BCUT2D eigenvalue weighted by Gasteiger charge is -2.18. The van der Waals surface area contributed by atoms with Gasteiger partial charge in [-0.25, -0.2) is 0 Å². The number of carbonyl (C=O) groups excluding carboxylic acids is 1. The molecule has 0 saturated carbocycles. The van der Waals surface area contributed by atoms with Crippen LogP contribution < -0.4 is 5.32 Å². The fourth-order valence-electron chi connectivity index (χ4n) is 2.04. The number of anilines is 1. The Hall–Kier alpha value is -1.16. The second-order valence-electron chi connectivity index (χ2n) is 4.91. The average Bonchev–Trinajstić information content (AvgIpc) is 2.49. The third-order valence-electron chi connectivity index (χ3n) is 3.25. The summed E-state index contributed by atoms with van der Waals surface area (Å²) in [5.41, 5.74) is 1.67. The molecule has 2 aromatic carbocycles. The van der Waals surface area contributed by atoms with Crippen LogP contribution in [0.3, 0.4) is 0 Å². The maximum Gasteiger partial charge on any atom is 0.237 e. The zero-order chi connectivity index (χ0) is 16.1. The molecule has 2 unspecified atom stereocenters. The van der Waals surface area contributed by atoms with Crippen LogP contribution in [0.5, 0.6) is 0 Å². The normalized spacial score (nSPS) is 13.5. The molecule has 0 aliphatic heterocycles. The molecule has 0 aliphatic rings. The van der Waals surface area contributed by atoms with Gasteiger partial charge in [-0.3, -0.25) is 4.79 Å². The first-order valence-corrected chi connectivity index (χ1v) is 8.64. The number of halogens is 2. The zero-order valence-electron chi connectivity index (χ0n) is 12.3. The number of para-hydroxylation sites is 1. The Morgan fingerprint density at radius 1 is 1.00 bits per heavy atom. The van der Waals surface area contributed by atoms with Crippen LogP contribution >= 0.6 is 35.0 Å². The van der Waals surface area contributed by atoms with E-state index in [1.165, 1.54) is 0 Å². The van der Waals surface area contributed by atoms with Crippen LogP contribution in [-0.2, 0) is 4.79 Å². The summed E-state index contributed by atoms with van der Waals surface area (Å²) < 4.78 is 0. The van der Waals surface area contributed by atoms with E-state index in [4.69, 9.17) is 23.2 Å². The summed E-state index contributed by atoms with van der Waals surface area (Å²) in [4.78, 5) is 12.3. The van der Waals surface area contributed by atoms with Gasteiger partial charge < -0.3 is 5.32 Å². The summed E-state index contributed by atoms with van der Waals surface area (Å²) in [6, 6.07) is 14.9. The number of hydrogen-bond donors (Lipinski definition) is 1. The maximum absolute atomic E-state index is 12.3. The Labute approximate surface area is 145 Å². The van der Waals surface area contributed by atoms with Crippen molar-refractivity contribution in [2.24, 2.45) is 0 Å². The minimum Gasteiger partial charge on any atom is -0.324 e. The lowest BCUT2D eigenvalue weighted by molar-refractivity contribution is -0.115. The van der Waals surface area contributed by atoms with Gasteiger partial charge >= 0.3 is 0 Å². The lowest BCUT2D eigenvalue weighted by atomic mass is 10.2. The van der Waals surface area contributed by atoms with Gasteiger partial charge in [0.05, 0.1) is 16.0 Å². The van der Waals surface area contributed by atoms with E-state index >= 15 is 0 Å². The van der Waals surface area contributed by atoms with Gasteiger partial charge in [0.2, 0.25) is 5.91 Å². The van der Waals surface area contributed by atoms with Gasteiger partial charge in [0.15, 0.2) is 0 Å². The monoisotopic (exact) mass is 353 g/mol. The molecule has 0 aromatic heterocycles. The topological polar surface area (TPSA) is 29.1 Å². The van der Waals surface area contributed by atoms with Gasteiger partial charge in [-0.15, -0.1) is 11.8 Å². The quantitative estimate of drug-likeness (QED) is 0.734. The Morgan fingerprint density at radius 3 is 2.23 bits per heavy atom. The molecule has 2 nitrogen and oxygen atoms in total. The second kappa shape index (κ2) is 7.91. The molecule has 0 heterocycles. The molecule has 116 valence electrons. The molecule has 0 fully saturated rings. The molecular weight excluding hydrogens is 337 g/mol. The molecule has 0 bridgehead atoms. The van der Waals surface area contributed by atoms with Gasteiger partial charge in [0, 0.05) is 10.3 Å². The Balaban J connectivity index is 2.00. The third-order valence-corrected chi connectivity index (χ3v) is 5.21. The van der Waals surface area contributed by atoms with E-state index in [-0.39, 0.29) is 16.4 Å². The molecule has 2 atom stereocenters. The number of hydrogen-bond acceptors (Lipinski definition) is 2. The van der Waals surface area contributed by atoms with Gasteiger partial charge in [-0.2, -0.15) is 0 Å². The SMILES string of the molecule is CC(SC(C)c1ccccc1Cl)C(=O)Nc1ccccc1Cl. The Kier molecular flexibility index (Phi) is 6.18. The molecule has 1 N–H and O–H groups in total. The molecule has 2 aromatic rings. The zero-order valence-corrected chi connectivity index (χ0v) is 14.7. The lowest BCUT2D eigenvalue weighted by Crippen LogP contribution is -2.23. The Morgan fingerprint density at radius 2 is 1.59 bits per heavy atom. The van der Waals surface area contributed by atoms with E-state index < -0.39 is 0 Å². The fraction of sp³-hybridized carbons (Fsp3) is 0.235. The summed E-state index contributed by atoms with van der Waals surface area (Å²) >= 11 is 13.8. The molecule has 0 aliphatic carbocycles. The van der Waals surface area contributed by atoms with Crippen molar-refractivity contribution in [2.45, 2.75) is 24.3 Å². The number of thioether (sulfide) groups is 1. The standard InChI is InChI=1S/C17H17Cl2NOS/c1-11(13-7-3-4-8-14(13)18)22-12(2)17(21)20-16-10-6-5-9-15(16)19/h3-12H,1-2H3,(H,20,21). The van der Waals surface area contributed by atoms with Gasteiger partial charge in [0.25, 0.3) is 0 Å². The average molecular weight is 354 g/mol. The summed E-state index contributed by atoms with van der Waals surface area (Å²) in [6.07, 6.45) is 0. The molecule has 0 spiro atoms. The number of carbonyl (C=O) groups is 1. The largest absolute Gasteiger partial charge is 0.324 e.